The zero-order chi connectivity index (χ0) is 17.7. The van der Waals surface area contributed by atoms with Crippen LogP contribution in [0.4, 0.5) is 0 Å². The summed E-state index contributed by atoms with van der Waals surface area (Å²) in [6.45, 7) is 3.22. The van der Waals surface area contributed by atoms with Crippen molar-refractivity contribution in [2.24, 2.45) is 0 Å². The topological polar surface area (TPSA) is 75.3 Å². The Balaban J connectivity index is 1.96. The molecule has 0 radical (unpaired) electrons. The minimum atomic E-state index is -3.76. The second-order valence-electron chi connectivity index (χ2n) is 5.44. The van der Waals surface area contributed by atoms with Crippen molar-refractivity contribution in [2.45, 2.75) is 24.8 Å². The average Bonchev–Trinajstić information content (AvgIpc) is 2.56. The quantitative estimate of drug-likeness (QED) is 0.825. The highest BCUT2D eigenvalue weighted by atomic mass is 35.5. The Hall–Kier alpha value is -1.89. The van der Waals surface area contributed by atoms with Crippen LogP contribution in [0.2, 0.25) is 5.02 Å². The number of rotatable bonds is 6. The SMILES string of the molecule is Cc1cc(S(=O)(=O)NCC(=O)NC(C)c2ccccc2)ccc1Cl. The molecule has 2 N–H and O–H groups in total. The Bertz CT molecular complexity index is 823. The molecular weight excluding hydrogens is 348 g/mol. The number of sulfonamides is 1. The molecule has 2 aromatic carbocycles. The lowest BCUT2D eigenvalue weighted by molar-refractivity contribution is -0.120. The van der Waals surface area contributed by atoms with E-state index >= 15 is 0 Å². The van der Waals surface area contributed by atoms with Gasteiger partial charge in [-0.25, -0.2) is 13.1 Å². The Morgan fingerprint density at radius 1 is 1.17 bits per heavy atom. The van der Waals surface area contributed by atoms with Gasteiger partial charge in [-0.15, -0.1) is 0 Å². The number of aryl methyl sites for hydroxylation is 1. The largest absolute Gasteiger partial charge is 0.348 e. The zero-order valence-electron chi connectivity index (χ0n) is 13.4. The Kier molecular flexibility index (Phi) is 5.99. The van der Waals surface area contributed by atoms with E-state index in [4.69, 9.17) is 11.6 Å². The standard InChI is InChI=1S/C17H19ClN2O3S/c1-12-10-15(8-9-16(12)18)24(22,23)19-11-17(21)20-13(2)14-6-4-3-5-7-14/h3-10,13,19H,11H2,1-2H3,(H,20,21). The summed E-state index contributed by atoms with van der Waals surface area (Å²) in [6, 6.07) is 13.6. The van der Waals surface area contributed by atoms with Crippen molar-refractivity contribution in [1.82, 2.24) is 10.0 Å². The summed E-state index contributed by atoms with van der Waals surface area (Å²) >= 11 is 5.89. The van der Waals surface area contributed by atoms with Gasteiger partial charge in [-0.1, -0.05) is 41.9 Å². The molecular formula is C17H19ClN2O3S. The van der Waals surface area contributed by atoms with E-state index in [1.165, 1.54) is 18.2 Å². The van der Waals surface area contributed by atoms with Crippen LogP contribution in [0, 0.1) is 6.92 Å². The van der Waals surface area contributed by atoms with E-state index in [0.29, 0.717) is 10.6 Å². The molecule has 0 spiro atoms. The summed E-state index contributed by atoms with van der Waals surface area (Å²) in [5, 5.41) is 3.24. The third-order valence-electron chi connectivity index (χ3n) is 3.54. The van der Waals surface area contributed by atoms with Crippen LogP contribution in [0.1, 0.15) is 24.1 Å². The smallest absolute Gasteiger partial charge is 0.241 e. The molecule has 0 bridgehead atoms. The molecule has 1 amide bonds. The first kappa shape index (κ1) is 18.4. The Labute approximate surface area is 147 Å². The van der Waals surface area contributed by atoms with Gasteiger partial charge >= 0.3 is 0 Å². The number of carbonyl (C=O) groups is 1. The average molecular weight is 367 g/mol. The molecule has 2 aromatic rings. The number of hydrogen-bond donors (Lipinski definition) is 2. The highest BCUT2D eigenvalue weighted by molar-refractivity contribution is 7.89. The van der Waals surface area contributed by atoms with Crippen LogP contribution in [-0.4, -0.2) is 20.9 Å². The van der Waals surface area contributed by atoms with Crippen LogP contribution in [0.25, 0.3) is 0 Å². The maximum atomic E-state index is 12.2. The number of amides is 1. The molecule has 0 aliphatic rings. The van der Waals surface area contributed by atoms with Crippen LogP contribution >= 0.6 is 11.6 Å². The zero-order valence-corrected chi connectivity index (χ0v) is 15.0. The second-order valence-corrected chi connectivity index (χ2v) is 7.61. The summed E-state index contributed by atoms with van der Waals surface area (Å²) < 4.78 is 26.7. The van der Waals surface area contributed by atoms with Crippen LogP contribution in [0.3, 0.4) is 0 Å². The maximum Gasteiger partial charge on any atom is 0.241 e. The van der Waals surface area contributed by atoms with Gasteiger partial charge in [0, 0.05) is 5.02 Å². The number of halogens is 1. The summed E-state index contributed by atoms with van der Waals surface area (Å²) in [7, 11) is -3.76. The molecule has 2 rings (SSSR count). The van der Waals surface area contributed by atoms with E-state index in [1.54, 1.807) is 6.92 Å². The van der Waals surface area contributed by atoms with E-state index in [1.807, 2.05) is 37.3 Å². The number of nitrogens with one attached hydrogen (secondary N) is 2. The summed E-state index contributed by atoms with van der Waals surface area (Å²) in [5.41, 5.74) is 1.60. The molecule has 5 nitrogen and oxygen atoms in total. The predicted octanol–water partition coefficient (Wildman–Crippen LogP) is 2.80. The number of hydrogen-bond acceptors (Lipinski definition) is 3. The van der Waals surface area contributed by atoms with Crippen molar-refractivity contribution in [2.75, 3.05) is 6.54 Å². The highest BCUT2D eigenvalue weighted by Crippen LogP contribution is 2.19. The first-order valence-electron chi connectivity index (χ1n) is 7.40. The van der Waals surface area contributed by atoms with Crippen molar-refractivity contribution in [3.8, 4) is 0 Å². The fraction of sp³-hybridized carbons (Fsp3) is 0.235. The van der Waals surface area contributed by atoms with Crippen molar-refractivity contribution in [3.63, 3.8) is 0 Å². The fourth-order valence-electron chi connectivity index (χ4n) is 2.15. The first-order chi connectivity index (χ1) is 11.3. The lowest BCUT2D eigenvalue weighted by atomic mass is 10.1. The van der Waals surface area contributed by atoms with Crippen LogP contribution in [-0.2, 0) is 14.8 Å². The van der Waals surface area contributed by atoms with Gasteiger partial charge in [-0.05, 0) is 43.2 Å². The van der Waals surface area contributed by atoms with E-state index < -0.39 is 15.9 Å². The lowest BCUT2D eigenvalue weighted by Crippen LogP contribution is -2.38. The molecule has 0 aliphatic heterocycles. The van der Waals surface area contributed by atoms with Crippen molar-refractivity contribution < 1.29 is 13.2 Å². The molecule has 0 saturated carbocycles. The normalized spacial score (nSPS) is 12.6. The minimum absolute atomic E-state index is 0.0771. The monoisotopic (exact) mass is 366 g/mol. The molecule has 0 heterocycles. The van der Waals surface area contributed by atoms with Crippen LogP contribution in [0.15, 0.2) is 53.4 Å². The van der Waals surface area contributed by atoms with Gasteiger partial charge in [0.05, 0.1) is 17.5 Å². The highest BCUT2D eigenvalue weighted by Gasteiger charge is 2.17. The third kappa shape index (κ3) is 4.80. The molecule has 1 atom stereocenters. The summed E-state index contributed by atoms with van der Waals surface area (Å²) in [4.78, 5) is 12.0. The van der Waals surface area contributed by atoms with Gasteiger partial charge < -0.3 is 5.32 Å². The minimum Gasteiger partial charge on any atom is -0.348 e. The van der Waals surface area contributed by atoms with Crippen molar-refractivity contribution in [3.05, 3.63) is 64.7 Å². The number of benzene rings is 2. The second kappa shape index (κ2) is 7.79. The molecule has 0 fully saturated rings. The van der Waals surface area contributed by atoms with E-state index in [-0.39, 0.29) is 17.5 Å². The Morgan fingerprint density at radius 3 is 2.46 bits per heavy atom. The van der Waals surface area contributed by atoms with Crippen molar-refractivity contribution in [1.29, 1.82) is 0 Å². The van der Waals surface area contributed by atoms with Gasteiger partial charge in [-0.3, -0.25) is 4.79 Å². The molecule has 0 aromatic heterocycles. The summed E-state index contributed by atoms with van der Waals surface area (Å²) in [6.07, 6.45) is 0. The Morgan fingerprint density at radius 2 is 1.83 bits per heavy atom. The first-order valence-corrected chi connectivity index (χ1v) is 9.26. The van der Waals surface area contributed by atoms with Crippen LogP contribution < -0.4 is 10.0 Å². The molecule has 0 aliphatic carbocycles. The van der Waals surface area contributed by atoms with Gasteiger partial charge in [0.1, 0.15) is 0 Å². The lowest BCUT2D eigenvalue weighted by Gasteiger charge is -2.14. The van der Waals surface area contributed by atoms with Gasteiger partial charge in [-0.2, -0.15) is 0 Å². The van der Waals surface area contributed by atoms with E-state index in [0.717, 1.165) is 5.56 Å². The summed E-state index contributed by atoms with van der Waals surface area (Å²) in [5.74, 6) is -0.402. The molecule has 24 heavy (non-hydrogen) atoms. The van der Waals surface area contributed by atoms with Gasteiger partial charge in [0.2, 0.25) is 15.9 Å². The van der Waals surface area contributed by atoms with Crippen molar-refractivity contribution >= 4 is 27.5 Å². The fourth-order valence-corrected chi connectivity index (χ4v) is 3.33. The number of carbonyl (C=O) groups excluding carboxylic acids is 1. The van der Waals surface area contributed by atoms with Crippen LogP contribution in [0.5, 0.6) is 0 Å². The maximum absolute atomic E-state index is 12.2. The van der Waals surface area contributed by atoms with Gasteiger partial charge in [0.25, 0.3) is 0 Å². The predicted molar refractivity (Wildman–Crippen MR) is 94.4 cm³/mol. The third-order valence-corrected chi connectivity index (χ3v) is 5.36. The molecule has 1 unspecified atom stereocenters. The van der Waals surface area contributed by atoms with E-state index in [2.05, 4.69) is 10.0 Å². The molecule has 0 saturated heterocycles. The molecule has 7 heteroatoms. The van der Waals surface area contributed by atoms with Gasteiger partial charge in [0.15, 0.2) is 0 Å². The molecule has 128 valence electrons. The van der Waals surface area contributed by atoms with E-state index in [9.17, 15) is 13.2 Å².